The molecule has 0 fully saturated rings. The van der Waals surface area contributed by atoms with Crippen LogP contribution in [0.4, 0.5) is 0 Å². The monoisotopic (exact) mass is 476 g/mol. The summed E-state index contributed by atoms with van der Waals surface area (Å²) in [5.41, 5.74) is 4.09. The highest BCUT2D eigenvalue weighted by Crippen LogP contribution is 2.20. The van der Waals surface area contributed by atoms with Crippen molar-refractivity contribution in [2.24, 2.45) is 0 Å². The van der Waals surface area contributed by atoms with Crippen LogP contribution in [0.25, 0.3) is 0 Å². The van der Waals surface area contributed by atoms with Gasteiger partial charge >= 0.3 is 0 Å². The maximum Gasteiger partial charge on any atom is 0.243 e. The molecule has 3 rings (SSSR count). The molecule has 0 aliphatic carbocycles. The molecule has 0 bridgehead atoms. The minimum atomic E-state index is -0.621. The van der Waals surface area contributed by atoms with Gasteiger partial charge in [-0.25, -0.2) is 0 Å². The van der Waals surface area contributed by atoms with Crippen molar-refractivity contribution in [3.63, 3.8) is 0 Å². The van der Waals surface area contributed by atoms with Crippen LogP contribution in [0.3, 0.4) is 0 Å². The average Bonchev–Trinajstić information content (AvgIpc) is 2.82. The van der Waals surface area contributed by atoms with Gasteiger partial charge in [0.1, 0.15) is 6.04 Å². The van der Waals surface area contributed by atoms with Gasteiger partial charge in [0.25, 0.3) is 0 Å². The molecular weight excluding hydrogens is 444 g/mol. The van der Waals surface area contributed by atoms with Crippen LogP contribution in [0.15, 0.2) is 78.9 Å². The van der Waals surface area contributed by atoms with Gasteiger partial charge < -0.3 is 10.2 Å². The van der Waals surface area contributed by atoms with E-state index in [1.54, 1.807) is 4.90 Å². The Hall–Kier alpha value is -3.11. The fraction of sp³-hybridized carbons (Fsp3) is 0.310. The summed E-state index contributed by atoms with van der Waals surface area (Å²) in [5, 5.41) is 3.67. The van der Waals surface area contributed by atoms with Crippen molar-refractivity contribution >= 4 is 23.4 Å². The predicted molar refractivity (Wildman–Crippen MR) is 139 cm³/mol. The standard InChI is InChI=1S/C29H33ClN2O2/c1-21(2)31-29(34)27(19-23-9-5-4-6-10-23)32(20-24-15-13-22(3)14-16-24)28(33)18-17-25-11-7-8-12-26(25)30/h4-16,21,27H,17-20H2,1-3H3,(H,31,34)/t27-/m0/s1. The summed E-state index contributed by atoms with van der Waals surface area (Å²) >= 11 is 6.32. The molecule has 34 heavy (non-hydrogen) atoms. The predicted octanol–water partition coefficient (Wildman–Crippen LogP) is 5.75. The van der Waals surface area contributed by atoms with Gasteiger partial charge in [0.15, 0.2) is 0 Å². The zero-order chi connectivity index (χ0) is 24.5. The van der Waals surface area contributed by atoms with E-state index in [2.05, 4.69) is 5.32 Å². The number of hydrogen-bond acceptors (Lipinski definition) is 2. The molecule has 0 saturated heterocycles. The third-order valence-corrected chi connectivity index (χ3v) is 6.11. The SMILES string of the molecule is Cc1ccc(CN(C(=O)CCc2ccccc2Cl)[C@@H](Cc2ccccc2)C(=O)NC(C)C)cc1. The Morgan fingerprint density at radius 1 is 0.882 bits per heavy atom. The second-order valence-corrected chi connectivity index (χ2v) is 9.37. The van der Waals surface area contributed by atoms with Gasteiger partial charge in [-0.2, -0.15) is 0 Å². The molecule has 0 aliphatic rings. The Morgan fingerprint density at radius 2 is 1.53 bits per heavy atom. The molecule has 0 aromatic heterocycles. The fourth-order valence-corrected chi connectivity index (χ4v) is 4.14. The van der Waals surface area contributed by atoms with Crippen molar-refractivity contribution in [1.29, 1.82) is 0 Å². The Kier molecular flexibility index (Phi) is 9.29. The quantitative estimate of drug-likeness (QED) is 0.405. The number of carbonyl (C=O) groups excluding carboxylic acids is 2. The number of nitrogens with zero attached hydrogens (tertiary/aromatic N) is 1. The third-order valence-electron chi connectivity index (χ3n) is 5.74. The van der Waals surface area contributed by atoms with Crippen LogP contribution in [0, 0.1) is 6.92 Å². The van der Waals surface area contributed by atoms with Crippen LogP contribution >= 0.6 is 11.6 Å². The lowest BCUT2D eigenvalue weighted by molar-refractivity contribution is -0.141. The van der Waals surface area contributed by atoms with Crippen molar-refractivity contribution in [2.75, 3.05) is 0 Å². The molecule has 2 amide bonds. The first-order valence-electron chi connectivity index (χ1n) is 11.8. The zero-order valence-electron chi connectivity index (χ0n) is 20.1. The van der Waals surface area contributed by atoms with Crippen LogP contribution in [-0.4, -0.2) is 28.8 Å². The Bertz CT molecular complexity index is 1080. The van der Waals surface area contributed by atoms with Crippen LogP contribution in [0.2, 0.25) is 5.02 Å². The summed E-state index contributed by atoms with van der Waals surface area (Å²) in [5.74, 6) is -0.211. The van der Waals surface area contributed by atoms with Gasteiger partial charge in [-0.15, -0.1) is 0 Å². The number of halogens is 1. The molecule has 178 valence electrons. The molecule has 5 heteroatoms. The van der Waals surface area contributed by atoms with E-state index in [1.807, 2.05) is 99.6 Å². The van der Waals surface area contributed by atoms with Gasteiger partial charge in [0.2, 0.25) is 11.8 Å². The van der Waals surface area contributed by atoms with Crippen molar-refractivity contribution in [1.82, 2.24) is 10.2 Å². The van der Waals surface area contributed by atoms with Crippen molar-refractivity contribution < 1.29 is 9.59 Å². The van der Waals surface area contributed by atoms with Crippen molar-refractivity contribution in [3.05, 3.63) is 106 Å². The summed E-state index contributed by atoms with van der Waals surface area (Å²) < 4.78 is 0. The molecule has 3 aromatic carbocycles. The maximum absolute atomic E-state index is 13.6. The summed E-state index contributed by atoms with van der Waals surface area (Å²) in [6.45, 7) is 6.26. The summed E-state index contributed by atoms with van der Waals surface area (Å²) in [7, 11) is 0. The van der Waals surface area contributed by atoms with Gasteiger partial charge in [0, 0.05) is 30.5 Å². The molecule has 3 aromatic rings. The van der Waals surface area contributed by atoms with Gasteiger partial charge in [-0.1, -0.05) is 90.0 Å². The molecule has 0 spiro atoms. The first-order valence-corrected chi connectivity index (χ1v) is 12.1. The van der Waals surface area contributed by atoms with Crippen molar-refractivity contribution in [2.45, 2.75) is 58.7 Å². The average molecular weight is 477 g/mol. The smallest absolute Gasteiger partial charge is 0.243 e. The lowest BCUT2D eigenvalue weighted by Gasteiger charge is -2.32. The second-order valence-electron chi connectivity index (χ2n) is 8.97. The molecule has 1 atom stereocenters. The molecule has 0 unspecified atom stereocenters. The maximum atomic E-state index is 13.6. The van der Waals surface area contributed by atoms with Crippen LogP contribution in [-0.2, 0) is 29.0 Å². The van der Waals surface area contributed by atoms with Crippen molar-refractivity contribution in [3.8, 4) is 0 Å². The number of hydrogen-bond donors (Lipinski definition) is 1. The lowest BCUT2D eigenvalue weighted by atomic mass is 10.0. The normalized spacial score (nSPS) is 11.8. The van der Waals surface area contributed by atoms with Crippen LogP contribution in [0.5, 0.6) is 0 Å². The van der Waals surface area contributed by atoms with E-state index in [0.717, 1.165) is 22.3 Å². The number of aryl methyl sites for hydroxylation is 2. The molecule has 0 heterocycles. The summed E-state index contributed by atoms with van der Waals surface area (Å²) in [6.07, 6.45) is 1.24. The lowest BCUT2D eigenvalue weighted by Crippen LogP contribution is -2.51. The zero-order valence-corrected chi connectivity index (χ0v) is 20.9. The molecule has 1 N–H and O–H groups in total. The number of benzene rings is 3. The number of carbonyl (C=O) groups is 2. The number of rotatable bonds is 10. The van der Waals surface area contributed by atoms with Crippen LogP contribution in [0.1, 0.15) is 42.5 Å². The summed E-state index contributed by atoms with van der Waals surface area (Å²) in [4.78, 5) is 28.7. The minimum Gasteiger partial charge on any atom is -0.352 e. The Labute approximate surface area is 207 Å². The highest BCUT2D eigenvalue weighted by atomic mass is 35.5. The Morgan fingerprint density at radius 3 is 2.18 bits per heavy atom. The van der Waals surface area contributed by atoms with Gasteiger partial charge in [0.05, 0.1) is 0 Å². The molecule has 4 nitrogen and oxygen atoms in total. The molecule has 0 radical (unpaired) electrons. The first-order chi connectivity index (χ1) is 16.3. The second kappa shape index (κ2) is 12.4. The largest absolute Gasteiger partial charge is 0.352 e. The summed E-state index contributed by atoms with van der Waals surface area (Å²) in [6, 6.07) is 24.9. The number of amides is 2. The van der Waals surface area contributed by atoms with E-state index < -0.39 is 6.04 Å². The van der Waals surface area contributed by atoms with E-state index in [4.69, 9.17) is 11.6 Å². The van der Waals surface area contributed by atoms with Gasteiger partial charge in [-0.3, -0.25) is 9.59 Å². The third kappa shape index (κ3) is 7.46. The van der Waals surface area contributed by atoms with E-state index in [9.17, 15) is 9.59 Å². The highest BCUT2D eigenvalue weighted by molar-refractivity contribution is 6.31. The number of nitrogens with one attached hydrogen (secondary N) is 1. The first kappa shape index (κ1) is 25.5. The topological polar surface area (TPSA) is 49.4 Å². The van der Waals surface area contributed by atoms with Crippen LogP contribution < -0.4 is 5.32 Å². The van der Waals surface area contributed by atoms with Gasteiger partial charge in [-0.05, 0) is 49.9 Å². The molecule has 0 saturated carbocycles. The van der Waals surface area contributed by atoms with E-state index in [0.29, 0.717) is 24.4 Å². The van der Waals surface area contributed by atoms with E-state index in [1.165, 1.54) is 0 Å². The minimum absolute atomic E-state index is 0.0229. The highest BCUT2D eigenvalue weighted by Gasteiger charge is 2.30. The van der Waals surface area contributed by atoms with E-state index in [-0.39, 0.29) is 24.3 Å². The molecule has 0 aliphatic heterocycles. The molecular formula is C29H33ClN2O2. The fourth-order valence-electron chi connectivity index (χ4n) is 3.91. The Balaban J connectivity index is 1.91. The van der Waals surface area contributed by atoms with E-state index >= 15 is 0 Å².